The monoisotopic (exact) mass is 259 g/mol. The quantitative estimate of drug-likeness (QED) is 0.841. The van der Waals surface area contributed by atoms with E-state index in [1.54, 1.807) is 17.1 Å². The van der Waals surface area contributed by atoms with E-state index in [9.17, 15) is 9.90 Å². The Balaban J connectivity index is 1.78. The van der Waals surface area contributed by atoms with Crippen LogP contribution in [0.4, 0.5) is 0 Å². The van der Waals surface area contributed by atoms with E-state index in [0.29, 0.717) is 31.6 Å². The molecule has 1 aliphatic carbocycles. The highest BCUT2D eigenvalue weighted by Gasteiger charge is 2.51. The molecule has 0 saturated heterocycles. The molecule has 2 aromatic heterocycles. The molecule has 2 heterocycles. The summed E-state index contributed by atoms with van der Waals surface area (Å²) in [4.78, 5) is 15.1. The van der Waals surface area contributed by atoms with Crippen LogP contribution in [0, 0.1) is 5.41 Å². The van der Waals surface area contributed by atoms with Gasteiger partial charge in [0.25, 0.3) is 0 Å². The number of tetrazole rings is 1. The number of nitrogens with zero attached hydrogens (tertiary/aromatic N) is 5. The van der Waals surface area contributed by atoms with Gasteiger partial charge < -0.3 is 5.11 Å². The van der Waals surface area contributed by atoms with Crippen molar-refractivity contribution in [3.05, 3.63) is 35.9 Å². The van der Waals surface area contributed by atoms with Crippen LogP contribution in [0.1, 0.15) is 24.2 Å². The lowest BCUT2D eigenvalue weighted by molar-refractivity contribution is -0.144. The Bertz CT molecular complexity index is 591. The van der Waals surface area contributed by atoms with Gasteiger partial charge in [-0.25, -0.2) is 4.68 Å². The molecule has 0 spiro atoms. The summed E-state index contributed by atoms with van der Waals surface area (Å²) < 4.78 is 1.60. The third-order valence-electron chi connectivity index (χ3n) is 3.48. The number of hydrogen-bond acceptors (Lipinski definition) is 5. The molecule has 0 amide bonds. The molecular weight excluding hydrogens is 246 g/mol. The summed E-state index contributed by atoms with van der Waals surface area (Å²) in [6, 6.07) is 3.78. The first kappa shape index (κ1) is 11.8. The fraction of sp³-hybridized carbons (Fsp3) is 0.417. The zero-order chi connectivity index (χ0) is 13.3. The number of carboxylic acid groups (broad SMARTS) is 1. The smallest absolute Gasteiger partial charge is 0.311 e. The van der Waals surface area contributed by atoms with Crippen molar-refractivity contribution in [3.8, 4) is 0 Å². The van der Waals surface area contributed by atoms with Crippen LogP contribution < -0.4 is 0 Å². The average Bonchev–Trinajstić information content (AvgIpc) is 3.07. The first-order chi connectivity index (χ1) is 9.20. The third kappa shape index (κ3) is 2.31. The number of pyridine rings is 1. The van der Waals surface area contributed by atoms with Gasteiger partial charge in [0, 0.05) is 18.8 Å². The molecule has 0 radical (unpaired) electrons. The minimum Gasteiger partial charge on any atom is -0.481 e. The van der Waals surface area contributed by atoms with Gasteiger partial charge >= 0.3 is 5.97 Å². The second-order valence-corrected chi connectivity index (χ2v) is 4.87. The van der Waals surface area contributed by atoms with E-state index >= 15 is 0 Å². The largest absolute Gasteiger partial charge is 0.481 e. The molecular formula is C12H13N5O2. The molecule has 0 unspecified atom stereocenters. The molecule has 0 bridgehead atoms. The first-order valence-corrected chi connectivity index (χ1v) is 6.07. The Labute approximate surface area is 109 Å². The summed E-state index contributed by atoms with van der Waals surface area (Å²) in [7, 11) is 0. The van der Waals surface area contributed by atoms with Crippen LogP contribution in [0.25, 0.3) is 0 Å². The van der Waals surface area contributed by atoms with Crippen LogP contribution in [0.15, 0.2) is 24.5 Å². The van der Waals surface area contributed by atoms with E-state index in [1.165, 1.54) is 0 Å². The van der Waals surface area contributed by atoms with Crippen molar-refractivity contribution in [1.29, 1.82) is 0 Å². The van der Waals surface area contributed by atoms with Crippen molar-refractivity contribution in [2.75, 3.05) is 0 Å². The van der Waals surface area contributed by atoms with E-state index in [4.69, 9.17) is 0 Å². The maximum atomic E-state index is 11.2. The van der Waals surface area contributed by atoms with Crippen molar-refractivity contribution in [2.45, 2.75) is 25.8 Å². The Hall–Kier alpha value is -2.31. The van der Waals surface area contributed by atoms with E-state index in [0.717, 1.165) is 5.56 Å². The van der Waals surface area contributed by atoms with Gasteiger partial charge in [0.1, 0.15) is 0 Å². The van der Waals surface area contributed by atoms with Gasteiger partial charge in [0.15, 0.2) is 5.82 Å². The minimum absolute atomic E-state index is 0.343. The number of carboxylic acids is 1. The molecule has 3 rings (SSSR count). The molecule has 0 aromatic carbocycles. The van der Waals surface area contributed by atoms with Crippen molar-refractivity contribution >= 4 is 5.97 Å². The van der Waals surface area contributed by atoms with Gasteiger partial charge in [-0.15, -0.1) is 5.10 Å². The number of aliphatic carboxylic acids is 1. The molecule has 7 nitrogen and oxygen atoms in total. The van der Waals surface area contributed by atoms with E-state index in [-0.39, 0.29) is 0 Å². The van der Waals surface area contributed by atoms with Gasteiger partial charge in [0.05, 0.1) is 12.0 Å². The van der Waals surface area contributed by atoms with Crippen LogP contribution in [0.3, 0.4) is 0 Å². The highest BCUT2D eigenvalue weighted by Crippen LogP contribution is 2.47. The van der Waals surface area contributed by atoms with E-state index in [1.807, 2.05) is 12.1 Å². The van der Waals surface area contributed by atoms with Crippen molar-refractivity contribution in [3.63, 3.8) is 0 Å². The molecule has 1 aliphatic rings. The molecule has 0 aliphatic heterocycles. The summed E-state index contributed by atoms with van der Waals surface area (Å²) in [5, 5.41) is 20.7. The number of aromatic nitrogens is 5. The number of hydrogen-bond donors (Lipinski definition) is 1. The molecule has 1 N–H and O–H groups in total. The van der Waals surface area contributed by atoms with Crippen molar-refractivity contribution in [2.24, 2.45) is 5.41 Å². The number of carbonyl (C=O) groups is 1. The second kappa shape index (κ2) is 4.42. The Morgan fingerprint density at radius 3 is 2.74 bits per heavy atom. The summed E-state index contributed by atoms with van der Waals surface area (Å²) >= 11 is 0. The van der Waals surface area contributed by atoms with Crippen LogP contribution >= 0.6 is 0 Å². The van der Waals surface area contributed by atoms with Crippen LogP contribution in [-0.2, 0) is 17.8 Å². The lowest BCUT2D eigenvalue weighted by atomic mass is 10.1. The molecule has 0 atom stereocenters. The van der Waals surface area contributed by atoms with Gasteiger partial charge in [0.2, 0.25) is 0 Å². The molecule has 2 aromatic rings. The standard InChI is InChI=1S/C12H13N5O2/c18-11(19)12(3-4-12)8-17-10(14-15-16-17)7-9-1-5-13-6-2-9/h1-2,5-6H,3-4,7-8H2,(H,18,19). The fourth-order valence-corrected chi connectivity index (χ4v) is 2.03. The van der Waals surface area contributed by atoms with E-state index in [2.05, 4.69) is 20.5 Å². The highest BCUT2D eigenvalue weighted by atomic mass is 16.4. The molecule has 98 valence electrons. The average molecular weight is 259 g/mol. The Kier molecular flexibility index (Phi) is 2.73. The molecule has 1 fully saturated rings. The SMILES string of the molecule is O=C(O)C1(Cn2nnnc2Cc2ccncc2)CC1. The summed E-state index contributed by atoms with van der Waals surface area (Å²) in [6.07, 6.45) is 5.38. The van der Waals surface area contributed by atoms with Gasteiger partial charge in [-0.3, -0.25) is 9.78 Å². The van der Waals surface area contributed by atoms with Crippen molar-refractivity contribution < 1.29 is 9.90 Å². The molecule has 1 saturated carbocycles. The van der Waals surface area contributed by atoms with Gasteiger partial charge in [-0.05, 0) is 41.0 Å². The zero-order valence-corrected chi connectivity index (χ0v) is 10.2. The maximum Gasteiger partial charge on any atom is 0.311 e. The third-order valence-corrected chi connectivity index (χ3v) is 3.48. The first-order valence-electron chi connectivity index (χ1n) is 6.07. The van der Waals surface area contributed by atoms with E-state index < -0.39 is 11.4 Å². The van der Waals surface area contributed by atoms with Crippen molar-refractivity contribution in [1.82, 2.24) is 25.2 Å². The maximum absolute atomic E-state index is 11.2. The second-order valence-electron chi connectivity index (χ2n) is 4.87. The predicted octanol–water partition coefficient (Wildman–Crippen LogP) is 0.524. The Morgan fingerprint density at radius 2 is 2.11 bits per heavy atom. The topological polar surface area (TPSA) is 93.8 Å². The minimum atomic E-state index is -0.766. The number of rotatable bonds is 5. The summed E-state index contributed by atoms with van der Waals surface area (Å²) in [6.45, 7) is 0.343. The zero-order valence-electron chi connectivity index (χ0n) is 10.2. The molecule has 7 heteroatoms. The van der Waals surface area contributed by atoms with Gasteiger partial charge in [-0.2, -0.15) is 0 Å². The van der Waals surface area contributed by atoms with Crippen LogP contribution in [-0.4, -0.2) is 36.3 Å². The predicted molar refractivity (Wildman–Crippen MR) is 64.2 cm³/mol. The fourth-order valence-electron chi connectivity index (χ4n) is 2.03. The lowest BCUT2D eigenvalue weighted by Crippen LogP contribution is -2.23. The summed E-state index contributed by atoms with van der Waals surface area (Å²) in [5.74, 6) is -0.0865. The summed E-state index contributed by atoms with van der Waals surface area (Å²) in [5.41, 5.74) is 0.383. The highest BCUT2D eigenvalue weighted by molar-refractivity contribution is 5.77. The molecule has 19 heavy (non-hydrogen) atoms. The van der Waals surface area contributed by atoms with Crippen LogP contribution in [0.2, 0.25) is 0 Å². The lowest BCUT2D eigenvalue weighted by Gasteiger charge is -2.10. The Morgan fingerprint density at radius 1 is 1.37 bits per heavy atom. The van der Waals surface area contributed by atoms with Gasteiger partial charge in [-0.1, -0.05) is 0 Å². The normalized spacial score (nSPS) is 16.2. The van der Waals surface area contributed by atoms with Crippen LogP contribution in [0.5, 0.6) is 0 Å².